The van der Waals surface area contributed by atoms with Gasteiger partial charge in [0, 0.05) is 36.3 Å². The summed E-state index contributed by atoms with van der Waals surface area (Å²) in [4.78, 5) is 33.9. The third-order valence-electron chi connectivity index (χ3n) is 11.1. The Kier molecular flexibility index (Phi) is 12.6. The van der Waals surface area contributed by atoms with Crippen molar-refractivity contribution in [3.63, 3.8) is 0 Å². The molecule has 2 fully saturated rings. The molecule has 2 amide bonds. The molecule has 13 heteroatoms. The monoisotopic (exact) mass is 817 g/mol. The lowest BCUT2D eigenvalue weighted by atomic mass is 9.90. The SMILES string of the molecule is CC(C)N=C(N)c1cc(CN2C(=O)N(Cc3cccc(OCP(=O)(O)OCc4ccccc4)c3)C3(C[C@@H]3c3ccccc3)[C@H](O)[C@@H](O)[C@H]2Cc2ccccc2)ccc1N. The molecule has 1 spiro atoms. The van der Waals surface area contributed by atoms with E-state index in [1.54, 1.807) is 46.2 Å². The van der Waals surface area contributed by atoms with Crippen molar-refractivity contribution >= 4 is 25.1 Å². The van der Waals surface area contributed by atoms with Crippen LogP contribution in [0.3, 0.4) is 0 Å². The average Bonchev–Trinajstić information content (AvgIpc) is 4.00. The van der Waals surface area contributed by atoms with Gasteiger partial charge in [0.25, 0.3) is 0 Å². The number of amidine groups is 1. The van der Waals surface area contributed by atoms with Crippen LogP contribution < -0.4 is 16.2 Å². The van der Waals surface area contributed by atoms with Gasteiger partial charge in [0.1, 0.15) is 23.8 Å². The number of anilines is 1. The van der Waals surface area contributed by atoms with Crippen LogP contribution >= 0.6 is 7.60 Å². The number of aliphatic imine (C=N–C) groups is 1. The van der Waals surface area contributed by atoms with Gasteiger partial charge in [-0.1, -0.05) is 109 Å². The van der Waals surface area contributed by atoms with Gasteiger partial charge in [0.05, 0.1) is 18.2 Å². The van der Waals surface area contributed by atoms with Crippen LogP contribution in [0.15, 0.2) is 138 Å². The number of hydrogen-bond acceptors (Lipinski definition) is 8. The van der Waals surface area contributed by atoms with Gasteiger partial charge in [-0.2, -0.15) is 0 Å². The minimum atomic E-state index is -4.13. The summed E-state index contributed by atoms with van der Waals surface area (Å²) in [5.74, 6) is 0.317. The van der Waals surface area contributed by atoms with Crippen LogP contribution in [0.5, 0.6) is 5.75 Å². The largest absolute Gasteiger partial charge is 0.481 e. The van der Waals surface area contributed by atoms with Crippen molar-refractivity contribution in [3.05, 3.63) is 167 Å². The molecule has 308 valence electrons. The number of rotatable bonds is 15. The zero-order valence-electron chi connectivity index (χ0n) is 33.2. The molecule has 1 heterocycles. The predicted molar refractivity (Wildman–Crippen MR) is 229 cm³/mol. The molecule has 12 nitrogen and oxygen atoms in total. The van der Waals surface area contributed by atoms with E-state index in [1.807, 2.05) is 111 Å². The van der Waals surface area contributed by atoms with Gasteiger partial charge in [-0.25, -0.2) is 4.79 Å². The van der Waals surface area contributed by atoms with Crippen molar-refractivity contribution in [1.29, 1.82) is 0 Å². The first-order chi connectivity index (χ1) is 28.3. The number of carbonyl (C=O) groups is 1. The Morgan fingerprint density at radius 2 is 1.47 bits per heavy atom. The number of aliphatic hydroxyl groups is 2. The lowest BCUT2D eigenvalue weighted by Gasteiger charge is -2.37. The van der Waals surface area contributed by atoms with Crippen molar-refractivity contribution in [2.45, 2.75) is 82.1 Å². The first kappa shape index (κ1) is 41.7. The van der Waals surface area contributed by atoms with Crippen LogP contribution in [-0.4, -0.2) is 73.0 Å². The molecule has 1 saturated heterocycles. The van der Waals surface area contributed by atoms with Gasteiger partial charge >= 0.3 is 13.6 Å². The minimum absolute atomic E-state index is 0.0416. The molecule has 0 radical (unpaired) electrons. The minimum Gasteiger partial charge on any atom is -0.481 e. The number of hydrogen-bond donors (Lipinski definition) is 5. The molecule has 0 aromatic heterocycles. The third-order valence-corrected chi connectivity index (χ3v) is 12.1. The summed E-state index contributed by atoms with van der Waals surface area (Å²) in [5.41, 5.74) is 16.6. The molecule has 7 rings (SSSR count). The van der Waals surface area contributed by atoms with Crippen LogP contribution in [-0.2, 0) is 35.2 Å². The Morgan fingerprint density at radius 3 is 2.15 bits per heavy atom. The summed E-state index contributed by atoms with van der Waals surface area (Å²) in [6.07, 6.45) is -2.54. The standard InChI is InChI=1S/C46H52N5O7P/c1-31(2)49-44(48)38-24-35(21-22-40(38)47)27-50-41(25-32-13-6-3-7-14-32)42(52)43(53)46(26-39(46)36-18-10-5-11-19-36)51(45(50)54)28-34-17-12-20-37(23-34)57-30-59(55,56)58-29-33-15-8-4-9-16-33/h3-24,31,39,41-43,52-53H,25-30,47H2,1-2H3,(H2,48,49)(H,55,56)/t39-,41-,42+,43-,46?/m1/s1. The first-order valence-electron chi connectivity index (χ1n) is 19.8. The van der Waals surface area contributed by atoms with Crippen molar-refractivity contribution in [2.24, 2.45) is 10.7 Å². The number of nitrogens with zero attached hydrogens (tertiary/aromatic N) is 3. The zero-order chi connectivity index (χ0) is 41.7. The lowest BCUT2D eigenvalue weighted by Crippen LogP contribution is -2.52. The average molecular weight is 818 g/mol. The Morgan fingerprint density at radius 1 is 0.847 bits per heavy atom. The maximum absolute atomic E-state index is 15.5. The molecule has 1 aliphatic heterocycles. The molecule has 5 aromatic rings. The van der Waals surface area contributed by atoms with E-state index in [9.17, 15) is 19.7 Å². The molecule has 0 bridgehead atoms. The van der Waals surface area contributed by atoms with Gasteiger partial charge in [-0.3, -0.25) is 9.56 Å². The first-order valence-corrected chi connectivity index (χ1v) is 21.6. The van der Waals surface area contributed by atoms with E-state index in [4.69, 9.17) is 20.7 Å². The van der Waals surface area contributed by atoms with Gasteiger partial charge in [-0.15, -0.1) is 0 Å². The fraction of sp³-hybridized carbons (Fsp3) is 0.304. The van der Waals surface area contributed by atoms with Crippen LogP contribution in [0.25, 0.3) is 0 Å². The van der Waals surface area contributed by atoms with E-state index < -0.39 is 37.7 Å². The number of aliphatic hydroxyl groups excluding tert-OH is 2. The maximum atomic E-state index is 15.5. The molecule has 59 heavy (non-hydrogen) atoms. The Balaban J connectivity index is 1.24. The number of nitrogen functional groups attached to an aromatic ring is 1. The topological polar surface area (TPSA) is 184 Å². The molecular weight excluding hydrogens is 766 g/mol. The predicted octanol–water partition coefficient (Wildman–Crippen LogP) is 6.82. The van der Waals surface area contributed by atoms with Gasteiger partial charge in [-0.05, 0) is 78.8 Å². The highest BCUT2D eigenvalue weighted by molar-refractivity contribution is 7.52. The number of carbonyl (C=O) groups excluding carboxylic acids is 1. The Labute approximate surface area is 345 Å². The second-order valence-corrected chi connectivity index (χ2v) is 17.5. The summed E-state index contributed by atoms with van der Waals surface area (Å²) in [6, 6.07) is 39.5. The van der Waals surface area contributed by atoms with E-state index in [2.05, 4.69) is 4.99 Å². The van der Waals surface area contributed by atoms with Crippen LogP contribution in [0, 0.1) is 0 Å². The van der Waals surface area contributed by atoms with Crippen molar-refractivity contribution in [1.82, 2.24) is 9.80 Å². The molecule has 2 unspecified atom stereocenters. The molecule has 2 aliphatic rings. The number of urea groups is 1. The lowest BCUT2D eigenvalue weighted by molar-refractivity contribution is -0.0502. The fourth-order valence-corrected chi connectivity index (χ4v) is 8.86. The highest BCUT2D eigenvalue weighted by Crippen LogP contribution is 2.60. The summed E-state index contributed by atoms with van der Waals surface area (Å²) < 4.78 is 24.1. The number of benzene rings is 5. The molecule has 5 aromatic carbocycles. The van der Waals surface area contributed by atoms with Gasteiger partial charge in [0.2, 0.25) is 0 Å². The van der Waals surface area contributed by atoms with Gasteiger partial charge in [0.15, 0.2) is 6.35 Å². The zero-order valence-corrected chi connectivity index (χ0v) is 34.1. The van der Waals surface area contributed by atoms with Crippen molar-refractivity contribution in [3.8, 4) is 5.75 Å². The highest BCUT2D eigenvalue weighted by atomic mass is 31.2. The molecule has 1 aliphatic carbocycles. The van der Waals surface area contributed by atoms with Crippen LogP contribution in [0.1, 0.15) is 59.6 Å². The van der Waals surface area contributed by atoms with E-state index in [-0.39, 0.29) is 49.9 Å². The summed E-state index contributed by atoms with van der Waals surface area (Å²) in [6.45, 7) is 3.90. The van der Waals surface area contributed by atoms with E-state index >= 15 is 4.79 Å². The second kappa shape index (κ2) is 17.8. The Hall–Kier alpha value is -5.49. The maximum Gasteiger partial charge on any atom is 0.365 e. The summed E-state index contributed by atoms with van der Waals surface area (Å²) in [5, 5.41) is 24.8. The summed E-state index contributed by atoms with van der Waals surface area (Å²) in [7, 11) is -4.13. The van der Waals surface area contributed by atoms with Gasteiger partial charge < -0.3 is 45.6 Å². The molecule has 7 N–H and O–H groups in total. The fourth-order valence-electron chi connectivity index (χ4n) is 8.12. The van der Waals surface area contributed by atoms with Crippen LogP contribution in [0.4, 0.5) is 10.5 Å². The summed E-state index contributed by atoms with van der Waals surface area (Å²) >= 11 is 0. The van der Waals surface area contributed by atoms with Crippen molar-refractivity contribution < 1.29 is 33.7 Å². The second-order valence-electron chi connectivity index (χ2n) is 15.7. The van der Waals surface area contributed by atoms with Crippen molar-refractivity contribution in [2.75, 3.05) is 12.1 Å². The molecular formula is C46H52N5O7P. The van der Waals surface area contributed by atoms with E-state index in [1.165, 1.54) is 0 Å². The highest BCUT2D eigenvalue weighted by Gasteiger charge is 2.68. The third kappa shape index (κ3) is 9.54. The molecule has 1 saturated carbocycles. The van der Waals surface area contributed by atoms with E-state index in [0.717, 1.165) is 16.7 Å². The smallest absolute Gasteiger partial charge is 0.365 e. The Bertz CT molecular complexity index is 2300. The van der Waals surface area contributed by atoms with Crippen LogP contribution in [0.2, 0.25) is 0 Å². The quantitative estimate of drug-likeness (QED) is 0.0328. The number of nitrogens with two attached hydrogens (primary N) is 2. The van der Waals surface area contributed by atoms with E-state index in [0.29, 0.717) is 34.5 Å². The molecule has 6 atom stereocenters. The number of ether oxygens (including phenoxy) is 1. The number of amides is 2. The normalized spacial score (nSPS) is 22.9.